The van der Waals surface area contributed by atoms with Crippen molar-refractivity contribution in [2.75, 3.05) is 0 Å². The molecule has 0 saturated heterocycles. The molecule has 1 aromatic heterocycles. The van der Waals surface area contributed by atoms with Gasteiger partial charge in [-0.2, -0.15) is 0 Å². The number of nitrogens with one attached hydrogen (secondary N) is 1. The molecule has 4 nitrogen and oxygen atoms in total. The summed E-state index contributed by atoms with van der Waals surface area (Å²) < 4.78 is 6.66. The van der Waals surface area contributed by atoms with Crippen LogP contribution in [0.15, 0.2) is 34.8 Å². The van der Waals surface area contributed by atoms with Crippen molar-refractivity contribution in [3.8, 4) is 11.5 Å². The smallest absolute Gasteiger partial charge is 0.148 e. The van der Waals surface area contributed by atoms with Gasteiger partial charge in [-0.05, 0) is 59.6 Å². The summed E-state index contributed by atoms with van der Waals surface area (Å²) in [7, 11) is 0. The summed E-state index contributed by atoms with van der Waals surface area (Å²) in [5.74, 6) is 1.45. The van der Waals surface area contributed by atoms with Gasteiger partial charge in [-0.15, -0.1) is 0 Å². The van der Waals surface area contributed by atoms with E-state index in [9.17, 15) is 0 Å². The molecule has 0 unspecified atom stereocenters. The molecule has 0 aliphatic heterocycles. The Morgan fingerprint density at radius 2 is 2.00 bits per heavy atom. The molecule has 3 N–H and O–H groups in total. The normalized spacial score (nSPS) is 10.3. The predicted octanol–water partition coefficient (Wildman–Crippen LogP) is 3.79. The van der Waals surface area contributed by atoms with Crippen molar-refractivity contribution in [3.63, 3.8) is 0 Å². The van der Waals surface area contributed by atoms with Crippen LogP contribution in [0.4, 0.5) is 0 Å². The lowest BCUT2D eigenvalue weighted by atomic mass is 10.2. The van der Waals surface area contributed by atoms with E-state index in [1.165, 1.54) is 0 Å². The van der Waals surface area contributed by atoms with E-state index in [1.807, 2.05) is 26.0 Å². The molecule has 20 heavy (non-hydrogen) atoms. The molecule has 0 fully saturated rings. The van der Waals surface area contributed by atoms with Gasteiger partial charge in [0.05, 0.1) is 10.2 Å². The Labute approximate surface area is 126 Å². The third kappa shape index (κ3) is 3.17. The van der Waals surface area contributed by atoms with Crippen LogP contribution in [0.1, 0.15) is 23.9 Å². The average Bonchev–Trinajstić information content (AvgIpc) is 2.42. The van der Waals surface area contributed by atoms with Crippen molar-refractivity contribution in [1.29, 1.82) is 5.41 Å². The molecule has 0 bridgehead atoms. The number of nitrogens with zero attached hydrogens (tertiary/aromatic N) is 1. The summed E-state index contributed by atoms with van der Waals surface area (Å²) in [6, 6.07) is 9.17. The summed E-state index contributed by atoms with van der Waals surface area (Å²) in [5, 5.41) is 7.42. The molecule has 1 heterocycles. The Morgan fingerprint density at radius 1 is 1.30 bits per heavy atom. The lowest BCUT2D eigenvalue weighted by molar-refractivity contribution is 0.470. The summed E-state index contributed by atoms with van der Waals surface area (Å²) in [5.41, 5.74) is 8.01. The van der Waals surface area contributed by atoms with Gasteiger partial charge in [0.25, 0.3) is 0 Å². The fraction of sp³-hybridized carbons (Fsp3) is 0.200. The minimum Gasteiger partial charge on any atom is -0.454 e. The number of hydrogen-bond donors (Lipinski definition) is 2. The largest absolute Gasteiger partial charge is 0.454 e. The van der Waals surface area contributed by atoms with Gasteiger partial charge in [0.15, 0.2) is 0 Å². The van der Waals surface area contributed by atoms with E-state index in [0.29, 0.717) is 11.3 Å². The maximum Gasteiger partial charge on any atom is 0.148 e. The molecule has 2 aromatic rings. The maximum atomic E-state index is 7.42. The number of nitrogen functional groups attached to an aromatic ring is 1. The zero-order chi connectivity index (χ0) is 14.7. The fourth-order valence-electron chi connectivity index (χ4n) is 1.81. The predicted molar refractivity (Wildman–Crippen MR) is 83.6 cm³/mol. The highest BCUT2D eigenvalue weighted by Crippen LogP contribution is 2.32. The second-order valence-corrected chi connectivity index (χ2v) is 5.27. The monoisotopic (exact) mass is 333 g/mol. The topological polar surface area (TPSA) is 72.0 Å². The molecular weight excluding hydrogens is 318 g/mol. The van der Waals surface area contributed by atoms with Crippen LogP contribution < -0.4 is 10.5 Å². The second-order valence-electron chi connectivity index (χ2n) is 4.41. The Hall–Kier alpha value is -1.88. The van der Waals surface area contributed by atoms with Crippen LogP contribution in [0.2, 0.25) is 0 Å². The summed E-state index contributed by atoms with van der Waals surface area (Å²) in [6.45, 7) is 4.00. The lowest BCUT2D eigenvalue weighted by Gasteiger charge is -2.12. The minimum atomic E-state index is 0.0310. The molecule has 5 heteroatoms. The van der Waals surface area contributed by atoms with Crippen LogP contribution in [0.3, 0.4) is 0 Å². The third-order valence-corrected chi connectivity index (χ3v) is 3.49. The number of benzene rings is 1. The molecule has 0 amide bonds. The number of ether oxygens (including phenoxy) is 1. The van der Waals surface area contributed by atoms with Crippen molar-refractivity contribution in [3.05, 3.63) is 51.8 Å². The number of hydrogen-bond acceptors (Lipinski definition) is 3. The molecular formula is C15H16BrN3O. The first-order valence-electron chi connectivity index (χ1n) is 6.29. The highest BCUT2D eigenvalue weighted by atomic mass is 79.9. The van der Waals surface area contributed by atoms with Gasteiger partial charge in [0.2, 0.25) is 0 Å². The first-order valence-corrected chi connectivity index (χ1v) is 7.09. The fourth-order valence-corrected chi connectivity index (χ4v) is 2.27. The summed E-state index contributed by atoms with van der Waals surface area (Å²) in [4.78, 5) is 4.47. The van der Waals surface area contributed by atoms with E-state index < -0.39 is 0 Å². The molecule has 0 spiro atoms. The van der Waals surface area contributed by atoms with Gasteiger partial charge in [-0.1, -0.05) is 6.92 Å². The van der Waals surface area contributed by atoms with Crippen LogP contribution in [0.25, 0.3) is 0 Å². The number of amidine groups is 1. The average molecular weight is 334 g/mol. The maximum absolute atomic E-state index is 7.42. The number of aryl methyl sites for hydroxylation is 2. The van der Waals surface area contributed by atoms with E-state index in [1.54, 1.807) is 18.2 Å². The number of halogens is 1. The first kappa shape index (κ1) is 14.5. The van der Waals surface area contributed by atoms with Gasteiger partial charge in [-0.25, -0.2) is 0 Å². The highest BCUT2D eigenvalue weighted by molar-refractivity contribution is 9.10. The standard InChI is InChI=1S/C15H16BrN3O/c1-3-12-14(6-4-9(2)19-12)20-13-7-5-10(15(17)18)8-11(13)16/h4-8H,3H2,1-2H3,(H3,17,18). The first-order chi connectivity index (χ1) is 9.51. The Balaban J connectivity index is 2.33. The molecule has 0 radical (unpaired) electrons. The van der Waals surface area contributed by atoms with Crippen molar-refractivity contribution >= 4 is 21.8 Å². The second kappa shape index (κ2) is 6.05. The molecule has 0 aliphatic carbocycles. The molecule has 0 atom stereocenters. The number of aromatic nitrogens is 1. The molecule has 1 aromatic carbocycles. The molecule has 0 aliphatic rings. The van der Waals surface area contributed by atoms with E-state index in [-0.39, 0.29) is 5.84 Å². The van der Waals surface area contributed by atoms with E-state index in [2.05, 4.69) is 20.9 Å². The Morgan fingerprint density at radius 3 is 2.60 bits per heavy atom. The zero-order valence-corrected chi connectivity index (χ0v) is 13.0. The lowest BCUT2D eigenvalue weighted by Crippen LogP contribution is -2.10. The van der Waals surface area contributed by atoms with Crippen molar-refractivity contribution in [2.45, 2.75) is 20.3 Å². The van der Waals surface area contributed by atoms with Crippen LogP contribution in [0, 0.1) is 12.3 Å². The highest BCUT2D eigenvalue weighted by Gasteiger charge is 2.09. The van der Waals surface area contributed by atoms with Crippen molar-refractivity contribution in [2.24, 2.45) is 5.73 Å². The minimum absolute atomic E-state index is 0.0310. The van der Waals surface area contributed by atoms with Gasteiger partial charge in [0.1, 0.15) is 17.3 Å². The molecule has 0 saturated carbocycles. The van der Waals surface area contributed by atoms with E-state index in [0.717, 1.165) is 28.0 Å². The number of rotatable bonds is 4. The molecule has 104 valence electrons. The Bertz CT molecular complexity index is 656. The van der Waals surface area contributed by atoms with Gasteiger partial charge >= 0.3 is 0 Å². The van der Waals surface area contributed by atoms with E-state index >= 15 is 0 Å². The van der Waals surface area contributed by atoms with E-state index in [4.69, 9.17) is 15.9 Å². The van der Waals surface area contributed by atoms with Crippen LogP contribution in [-0.2, 0) is 6.42 Å². The quantitative estimate of drug-likeness (QED) is 0.660. The third-order valence-electron chi connectivity index (χ3n) is 2.87. The summed E-state index contributed by atoms with van der Waals surface area (Å²) in [6.07, 6.45) is 0.806. The summed E-state index contributed by atoms with van der Waals surface area (Å²) >= 11 is 3.44. The van der Waals surface area contributed by atoms with Crippen LogP contribution in [-0.4, -0.2) is 10.8 Å². The molecule has 2 rings (SSSR count). The SMILES string of the molecule is CCc1nc(C)ccc1Oc1ccc(C(=N)N)cc1Br. The van der Waals surface area contributed by atoms with Gasteiger partial charge in [-0.3, -0.25) is 10.4 Å². The number of nitrogens with two attached hydrogens (primary N) is 1. The van der Waals surface area contributed by atoms with Crippen LogP contribution in [0.5, 0.6) is 11.5 Å². The Kier molecular flexibility index (Phi) is 4.39. The van der Waals surface area contributed by atoms with Crippen molar-refractivity contribution in [1.82, 2.24) is 4.98 Å². The zero-order valence-electron chi connectivity index (χ0n) is 11.4. The van der Waals surface area contributed by atoms with Crippen molar-refractivity contribution < 1.29 is 4.74 Å². The van der Waals surface area contributed by atoms with Crippen LogP contribution >= 0.6 is 15.9 Å². The van der Waals surface area contributed by atoms with Gasteiger partial charge in [0, 0.05) is 11.3 Å². The number of pyridine rings is 1. The van der Waals surface area contributed by atoms with Gasteiger partial charge < -0.3 is 10.5 Å².